The Kier molecular flexibility index (Phi) is 8.22. The van der Waals surface area contributed by atoms with Crippen LogP contribution in [0.4, 0.5) is 10.2 Å². The van der Waals surface area contributed by atoms with Gasteiger partial charge in [-0.15, -0.1) is 6.42 Å². The Hall–Kier alpha value is -4.38. The van der Waals surface area contributed by atoms with Crippen molar-refractivity contribution in [2.75, 3.05) is 12.3 Å². The SMILES string of the molecule is C#C[C@]1(COP(=O)(N[C@@H](Cc2ccccc2)C(=O)O)Oc2ccccc2)O[C@@H](n2cnc3c(N)nc(F)nc32)C[C@@H]1O. The molecule has 4 aromatic rings. The van der Waals surface area contributed by atoms with Gasteiger partial charge in [-0.25, -0.2) is 9.55 Å². The third kappa shape index (κ3) is 6.11. The molecule has 5 rings (SSSR count). The van der Waals surface area contributed by atoms with E-state index in [4.69, 9.17) is 25.9 Å². The zero-order chi connectivity index (χ0) is 29.9. The third-order valence-corrected chi connectivity index (χ3v) is 8.15. The Bertz CT molecular complexity index is 1670. The number of hydrogen-bond acceptors (Lipinski definition) is 10. The van der Waals surface area contributed by atoms with Gasteiger partial charge in [-0.05, 0) is 24.1 Å². The van der Waals surface area contributed by atoms with E-state index in [1.807, 2.05) is 0 Å². The normalized spacial score (nSPS) is 22.3. The van der Waals surface area contributed by atoms with Crippen molar-refractivity contribution in [3.05, 3.63) is 78.6 Å². The minimum absolute atomic E-state index is 0.0101. The van der Waals surface area contributed by atoms with Gasteiger partial charge in [0.1, 0.15) is 30.7 Å². The maximum atomic E-state index is 14.1. The van der Waals surface area contributed by atoms with Crippen molar-refractivity contribution in [1.82, 2.24) is 24.6 Å². The molecular weight excluding hydrogens is 570 g/mol. The van der Waals surface area contributed by atoms with Crippen molar-refractivity contribution in [2.45, 2.75) is 36.8 Å². The van der Waals surface area contributed by atoms with Gasteiger partial charge in [0.2, 0.25) is 0 Å². The fraction of sp³-hybridized carbons (Fsp3) is 0.259. The lowest BCUT2D eigenvalue weighted by atomic mass is 9.99. The van der Waals surface area contributed by atoms with Gasteiger partial charge < -0.3 is 25.2 Å². The fourth-order valence-electron chi connectivity index (χ4n) is 4.46. The summed E-state index contributed by atoms with van der Waals surface area (Å²) in [6, 6.07) is 15.3. The molecule has 42 heavy (non-hydrogen) atoms. The number of nitrogens with zero attached hydrogens (tertiary/aromatic N) is 4. The number of nitrogens with one attached hydrogen (secondary N) is 1. The number of anilines is 1. The minimum Gasteiger partial charge on any atom is -0.480 e. The highest BCUT2D eigenvalue weighted by Crippen LogP contribution is 2.48. The first-order valence-corrected chi connectivity index (χ1v) is 14.2. The fourth-order valence-corrected chi connectivity index (χ4v) is 5.99. The van der Waals surface area contributed by atoms with Gasteiger partial charge >= 0.3 is 19.8 Å². The number of nitrogens with two attached hydrogens (primary N) is 1. The van der Waals surface area contributed by atoms with Gasteiger partial charge in [0.25, 0.3) is 0 Å². The number of carboxylic acid groups (broad SMARTS) is 1. The van der Waals surface area contributed by atoms with Gasteiger partial charge in [0, 0.05) is 6.42 Å². The zero-order valence-corrected chi connectivity index (χ0v) is 22.8. The number of imidazole rings is 1. The highest BCUT2D eigenvalue weighted by Gasteiger charge is 2.50. The highest BCUT2D eigenvalue weighted by atomic mass is 31.2. The number of fused-ring (bicyclic) bond motifs is 1. The number of halogens is 1. The molecule has 0 aliphatic carbocycles. The number of aliphatic carboxylic acids is 1. The summed E-state index contributed by atoms with van der Waals surface area (Å²) in [6.45, 7) is -0.673. The van der Waals surface area contributed by atoms with E-state index in [0.717, 1.165) is 0 Å². The van der Waals surface area contributed by atoms with Crippen LogP contribution in [0.5, 0.6) is 5.75 Å². The van der Waals surface area contributed by atoms with Crippen LogP contribution in [0.3, 0.4) is 0 Å². The molecule has 0 bridgehead atoms. The van der Waals surface area contributed by atoms with E-state index >= 15 is 0 Å². The van der Waals surface area contributed by atoms with E-state index in [0.29, 0.717) is 5.56 Å². The number of aromatic nitrogens is 4. The summed E-state index contributed by atoms with van der Waals surface area (Å²) in [7, 11) is -4.48. The highest BCUT2D eigenvalue weighted by molar-refractivity contribution is 7.52. The van der Waals surface area contributed by atoms with Crippen molar-refractivity contribution in [2.24, 2.45) is 0 Å². The summed E-state index contributed by atoms with van der Waals surface area (Å²) in [5.41, 5.74) is 4.66. The third-order valence-electron chi connectivity index (χ3n) is 6.60. The monoisotopic (exact) mass is 596 g/mol. The number of para-hydroxylation sites is 1. The van der Waals surface area contributed by atoms with Crippen LogP contribution < -0.4 is 15.3 Å². The number of benzene rings is 2. The zero-order valence-electron chi connectivity index (χ0n) is 21.9. The maximum Gasteiger partial charge on any atom is 0.459 e. The number of hydrogen-bond donors (Lipinski definition) is 4. The molecule has 2 aromatic heterocycles. The molecule has 5 atom stereocenters. The Morgan fingerprint density at radius 3 is 2.62 bits per heavy atom. The average Bonchev–Trinajstić information content (AvgIpc) is 3.54. The lowest BCUT2D eigenvalue weighted by molar-refractivity contribution is -0.139. The maximum absolute atomic E-state index is 14.1. The number of rotatable bonds is 11. The van der Waals surface area contributed by atoms with E-state index in [9.17, 15) is 24.0 Å². The molecule has 0 saturated carbocycles. The molecule has 1 aliphatic heterocycles. The second kappa shape index (κ2) is 11.8. The first kappa shape index (κ1) is 29.1. The number of aliphatic hydroxyl groups is 1. The van der Waals surface area contributed by atoms with Crippen molar-refractivity contribution >= 4 is 30.7 Å². The Morgan fingerprint density at radius 1 is 1.26 bits per heavy atom. The molecule has 5 N–H and O–H groups in total. The lowest BCUT2D eigenvalue weighted by Crippen LogP contribution is -2.44. The Balaban J connectivity index is 1.40. The smallest absolute Gasteiger partial charge is 0.459 e. The summed E-state index contributed by atoms with van der Waals surface area (Å²) >= 11 is 0. The van der Waals surface area contributed by atoms with Gasteiger partial charge in [-0.1, -0.05) is 54.5 Å². The summed E-state index contributed by atoms with van der Waals surface area (Å²) < 4.78 is 46.6. The topological polar surface area (TPSA) is 184 Å². The van der Waals surface area contributed by atoms with E-state index in [1.165, 1.54) is 23.0 Å². The first-order valence-electron chi connectivity index (χ1n) is 12.6. The van der Waals surface area contributed by atoms with Crippen LogP contribution in [0, 0.1) is 18.4 Å². The van der Waals surface area contributed by atoms with E-state index in [-0.39, 0.29) is 35.6 Å². The molecule has 2 aromatic carbocycles. The van der Waals surface area contributed by atoms with Crippen LogP contribution in [-0.4, -0.2) is 60.1 Å². The standard InChI is InChI=1S/C27H26FN6O7P/c1-2-27(20(35)14-21(40-27)34-16-30-22-23(29)31-26(28)32-24(22)34)15-39-42(38,41-18-11-7-4-8-12-18)33-19(25(36)37)13-17-9-5-3-6-10-17/h1,3-12,16,19-21,35H,13-15H2,(H,33,38)(H,36,37)(H2,29,31,32)/t19-,20-,21+,27+,42?/m0/s1. The number of aliphatic hydroxyl groups excluding tert-OH is 1. The molecule has 1 saturated heterocycles. The number of terminal acetylenes is 1. The molecule has 0 radical (unpaired) electrons. The largest absolute Gasteiger partial charge is 0.480 e. The summed E-state index contributed by atoms with van der Waals surface area (Å²) in [6.07, 6.45) is 3.48. The van der Waals surface area contributed by atoms with Gasteiger partial charge in [0.15, 0.2) is 22.6 Å². The molecule has 3 heterocycles. The molecule has 13 nitrogen and oxygen atoms in total. The van der Waals surface area contributed by atoms with Crippen LogP contribution in [0.1, 0.15) is 18.2 Å². The molecule has 1 aliphatic rings. The predicted molar refractivity (Wildman–Crippen MR) is 147 cm³/mol. The van der Waals surface area contributed by atoms with Gasteiger partial charge in [-0.2, -0.15) is 19.4 Å². The van der Waals surface area contributed by atoms with Crippen LogP contribution >= 0.6 is 7.75 Å². The molecule has 1 fully saturated rings. The van der Waals surface area contributed by atoms with Crippen LogP contribution in [0.15, 0.2) is 67.0 Å². The average molecular weight is 597 g/mol. The molecule has 0 amide bonds. The van der Waals surface area contributed by atoms with Crippen LogP contribution in [0.2, 0.25) is 0 Å². The van der Waals surface area contributed by atoms with Gasteiger partial charge in [0.05, 0.1) is 6.33 Å². The molecular formula is C27H26FN6O7P. The van der Waals surface area contributed by atoms with Crippen molar-refractivity contribution in [3.8, 4) is 18.1 Å². The summed E-state index contributed by atoms with van der Waals surface area (Å²) in [5, 5.41) is 23.4. The van der Waals surface area contributed by atoms with Crippen LogP contribution in [-0.2, 0) is 25.0 Å². The van der Waals surface area contributed by atoms with Crippen molar-refractivity contribution in [1.29, 1.82) is 0 Å². The van der Waals surface area contributed by atoms with E-state index < -0.39 is 50.4 Å². The summed E-state index contributed by atoms with van der Waals surface area (Å²) in [4.78, 5) is 23.4. The quantitative estimate of drug-likeness (QED) is 0.113. The number of carboxylic acids is 1. The summed E-state index contributed by atoms with van der Waals surface area (Å²) in [5.74, 6) is 0.998. The lowest BCUT2D eigenvalue weighted by Gasteiger charge is -2.30. The van der Waals surface area contributed by atoms with E-state index in [2.05, 4.69) is 26.0 Å². The Morgan fingerprint density at radius 2 is 1.95 bits per heavy atom. The van der Waals surface area contributed by atoms with Gasteiger partial charge in [-0.3, -0.25) is 13.9 Å². The number of carbonyl (C=O) groups is 1. The van der Waals surface area contributed by atoms with Crippen LogP contribution in [0.25, 0.3) is 11.2 Å². The van der Waals surface area contributed by atoms with Crippen molar-refractivity contribution in [3.63, 3.8) is 0 Å². The molecule has 218 valence electrons. The second-order valence-corrected chi connectivity index (χ2v) is 11.1. The predicted octanol–water partition coefficient (Wildman–Crippen LogP) is 2.69. The molecule has 0 spiro atoms. The van der Waals surface area contributed by atoms with Crippen molar-refractivity contribution < 1.29 is 37.7 Å². The first-order chi connectivity index (χ1) is 20.1. The minimum atomic E-state index is -4.48. The van der Waals surface area contributed by atoms with E-state index in [1.54, 1.807) is 48.5 Å². The number of nitrogen functional groups attached to an aromatic ring is 1. The second-order valence-electron chi connectivity index (χ2n) is 9.44. The molecule has 15 heteroatoms. The molecule has 1 unspecified atom stereocenters. The Labute approximate surface area is 239 Å². The number of ether oxygens (including phenoxy) is 1.